The number of carbonyl (C=O) groups excluding carboxylic acids is 2. The first-order chi connectivity index (χ1) is 17.1. The zero-order valence-electron chi connectivity index (χ0n) is 20.6. The highest BCUT2D eigenvalue weighted by molar-refractivity contribution is 6.47. The number of halogens is 2. The zero-order valence-corrected chi connectivity index (χ0v) is 22.1. The number of aryl methyl sites for hydroxylation is 1. The number of rotatable bonds is 7. The number of aliphatic hydroxyl groups is 1. The number of likely N-dealkylation sites (tertiary alicyclic amines) is 1. The number of amides is 1. The number of para-hydroxylation sites is 1. The second-order valence-corrected chi connectivity index (χ2v) is 9.58. The number of hydrogen-bond donors (Lipinski definition) is 2. The Morgan fingerprint density at radius 3 is 2.44 bits per heavy atom. The van der Waals surface area contributed by atoms with E-state index in [-0.39, 0.29) is 39.2 Å². The molecule has 0 saturated carbocycles. The standard InChI is InChI=1S/C26H27Cl2N3O5/c1-13-18(14-8-6-7-9-17(14)29-13)21-19(23(33)26(34)31(21)11-10-30(2)3)22(32)15-12-16(27)25(36-5)20(28)24(15)35-4/h6-9,12,21,29,32H,10-11H2,1-5H3/b22-19+. The first-order valence-electron chi connectivity index (χ1n) is 11.2. The number of ether oxygens (including phenoxy) is 2. The average molecular weight is 532 g/mol. The molecule has 1 amide bonds. The van der Waals surface area contributed by atoms with E-state index >= 15 is 0 Å². The maximum absolute atomic E-state index is 13.5. The van der Waals surface area contributed by atoms with Gasteiger partial charge in [0, 0.05) is 35.2 Å². The Balaban J connectivity index is 2.02. The number of methoxy groups -OCH3 is 2. The summed E-state index contributed by atoms with van der Waals surface area (Å²) >= 11 is 12.8. The van der Waals surface area contributed by atoms with Crippen molar-refractivity contribution in [2.45, 2.75) is 13.0 Å². The number of aromatic amines is 1. The van der Waals surface area contributed by atoms with Gasteiger partial charge in [-0.05, 0) is 33.2 Å². The van der Waals surface area contributed by atoms with Crippen LogP contribution in [-0.2, 0) is 9.59 Å². The number of benzene rings is 2. The maximum atomic E-state index is 13.5. The van der Waals surface area contributed by atoms with Gasteiger partial charge >= 0.3 is 0 Å². The summed E-state index contributed by atoms with van der Waals surface area (Å²) in [5.41, 5.74) is 2.39. The monoisotopic (exact) mass is 531 g/mol. The lowest BCUT2D eigenvalue weighted by molar-refractivity contribution is -0.140. The summed E-state index contributed by atoms with van der Waals surface area (Å²) in [5, 5.41) is 12.6. The second kappa shape index (κ2) is 10.0. The summed E-state index contributed by atoms with van der Waals surface area (Å²) in [4.78, 5) is 33.5. The van der Waals surface area contributed by atoms with Gasteiger partial charge in [0.15, 0.2) is 11.5 Å². The van der Waals surface area contributed by atoms with Crippen LogP contribution >= 0.6 is 23.2 Å². The van der Waals surface area contributed by atoms with Crippen LogP contribution in [0.15, 0.2) is 35.9 Å². The van der Waals surface area contributed by atoms with E-state index in [0.29, 0.717) is 6.54 Å². The van der Waals surface area contributed by atoms with Gasteiger partial charge in [0.2, 0.25) is 0 Å². The van der Waals surface area contributed by atoms with Crippen LogP contribution in [0.3, 0.4) is 0 Å². The van der Waals surface area contributed by atoms with Gasteiger partial charge in [-0.15, -0.1) is 0 Å². The Labute approximate surface area is 219 Å². The highest BCUT2D eigenvalue weighted by atomic mass is 35.5. The molecule has 0 bridgehead atoms. The molecule has 8 nitrogen and oxygen atoms in total. The van der Waals surface area contributed by atoms with Crippen LogP contribution in [0.5, 0.6) is 11.5 Å². The summed E-state index contributed by atoms with van der Waals surface area (Å²) in [6.45, 7) is 2.68. The molecule has 4 rings (SSSR count). The molecule has 190 valence electrons. The molecule has 2 aromatic carbocycles. The summed E-state index contributed by atoms with van der Waals surface area (Å²) in [5.74, 6) is -1.69. The quantitative estimate of drug-likeness (QED) is 0.258. The van der Waals surface area contributed by atoms with Crippen molar-refractivity contribution in [3.8, 4) is 11.5 Å². The number of nitrogens with one attached hydrogen (secondary N) is 1. The molecular formula is C26H27Cl2N3O5. The summed E-state index contributed by atoms with van der Waals surface area (Å²) in [6, 6.07) is 8.19. The van der Waals surface area contributed by atoms with Crippen molar-refractivity contribution in [2.75, 3.05) is 41.4 Å². The van der Waals surface area contributed by atoms with Gasteiger partial charge in [0.25, 0.3) is 11.7 Å². The fraction of sp³-hybridized carbons (Fsp3) is 0.308. The third-order valence-electron chi connectivity index (χ3n) is 6.34. The molecule has 1 saturated heterocycles. The molecular weight excluding hydrogens is 505 g/mol. The molecule has 10 heteroatoms. The number of H-pyrrole nitrogens is 1. The summed E-state index contributed by atoms with van der Waals surface area (Å²) in [7, 11) is 6.55. The van der Waals surface area contributed by atoms with Gasteiger partial charge in [-0.3, -0.25) is 9.59 Å². The molecule has 1 unspecified atom stereocenters. The lowest BCUT2D eigenvalue weighted by Crippen LogP contribution is -2.35. The predicted molar refractivity (Wildman–Crippen MR) is 140 cm³/mol. The maximum Gasteiger partial charge on any atom is 0.295 e. The van der Waals surface area contributed by atoms with Gasteiger partial charge in [-0.1, -0.05) is 41.4 Å². The van der Waals surface area contributed by atoms with Crippen LogP contribution in [0.1, 0.15) is 22.9 Å². The van der Waals surface area contributed by atoms with Gasteiger partial charge in [0.1, 0.15) is 10.8 Å². The van der Waals surface area contributed by atoms with Crippen LogP contribution < -0.4 is 9.47 Å². The van der Waals surface area contributed by atoms with E-state index < -0.39 is 23.5 Å². The fourth-order valence-corrected chi connectivity index (χ4v) is 5.35. The molecule has 36 heavy (non-hydrogen) atoms. The highest BCUT2D eigenvalue weighted by Gasteiger charge is 2.47. The molecule has 0 radical (unpaired) electrons. The van der Waals surface area contributed by atoms with Crippen molar-refractivity contribution in [1.82, 2.24) is 14.8 Å². The van der Waals surface area contributed by atoms with Crippen molar-refractivity contribution >= 4 is 51.6 Å². The number of Topliss-reactive ketones (excluding diaryl/α,β-unsaturated/α-hetero) is 1. The van der Waals surface area contributed by atoms with E-state index in [4.69, 9.17) is 32.7 Å². The SMILES string of the molecule is COc1c(Cl)cc(/C(O)=C2\C(=O)C(=O)N(CCN(C)C)C2c2c(C)[nH]c3ccccc23)c(OC)c1Cl. The van der Waals surface area contributed by atoms with E-state index in [1.54, 1.807) is 0 Å². The Bertz CT molecular complexity index is 1400. The largest absolute Gasteiger partial charge is 0.507 e. The first kappa shape index (κ1) is 25.9. The average Bonchev–Trinajstić information content (AvgIpc) is 3.29. The minimum Gasteiger partial charge on any atom is -0.507 e. The number of aromatic nitrogens is 1. The van der Waals surface area contributed by atoms with Crippen LogP contribution in [0.2, 0.25) is 10.0 Å². The number of likely N-dealkylation sites (N-methyl/N-ethyl adjacent to an activating group) is 1. The topological polar surface area (TPSA) is 95.1 Å². The van der Waals surface area contributed by atoms with Gasteiger partial charge in [0.05, 0.1) is 36.4 Å². The van der Waals surface area contributed by atoms with E-state index in [0.717, 1.165) is 22.2 Å². The predicted octanol–water partition coefficient (Wildman–Crippen LogP) is 4.78. The first-order valence-corrected chi connectivity index (χ1v) is 12.0. The lowest BCUT2D eigenvalue weighted by atomic mass is 9.93. The number of nitrogens with zero attached hydrogens (tertiary/aromatic N) is 2. The van der Waals surface area contributed by atoms with Crippen molar-refractivity contribution in [3.63, 3.8) is 0 Å². The fourth-order valence-electron chi connectivity index (χ4n) is 4.66. The molecule has 1 aromatic heterocycles. The van der Waals surface area contributed by atoms with Crippen LogP contribution in [0, 0.1) is 6.92 Å². The van der Waals surface area contributed by atoms with Crippen molar-refractivity contribution in [1.29, 1.82) is 0 Å². The minimum absolute atomic E-state index is 0.0377. The number of carbonyl (C=O) groups is 2. The van der Waals surface area contributed by atoms with Crippen molar-refractivity contribution < 1.29 is 24.2 Å². The van der Waals surface area contributed by atoms with E-state index in [1.165, 1.54) is 25.2 Å². The number of ketones is 1. The zero-order chi connectivity index (χ0) is 26.3. The molecule has 0 aliphatic carbocycles. The summed E-state index contributed by atoms with van der Waals surface area (Å²) < 4.78 is 10.7. The third kappa shape index (κ3) is 4.19. The molecule has 2 N–H and O–H groups in total. The number of hydrogen-bond acceptors (Lipinski definition) is 6. The van der Waals surface area contributed by atoms with Crippen LogP contribution in [0.4, 0.5) is 0 Å². The number of aliphatic hydroxyl groups excluding tert-OH is 1. The molecule has 1 aliphatic rings. The van der Waals surface area contributed by atoms with E-state index in [2.05, 4.69) is 4.98 Å². The van der Waals surface area contributed by atoms with Crippen molar-refractivity contribution in [3.05, 3.63) is 62.8 Å². The molecule has 1 fully saturated rings. The Morgan fingerprint density at radius 2 is 1.81 bits per heavy atom. The Morgan fingerprint density at radius 1 is 1.14 bits per heavy atom. The second-order valence-electron chi connectivity index (χ2n) is 8.79. The molecule has 0 spiro atoms. The van der Waals surface area contributed by atoms with E-state index in [1.807, 2.05) is 50.2 Å². The van der Waals surface area contributed by atoms with Crippen molar-refractivity contribution in [2.24, 2.45) is 0 Å². The Kier molecular flexibility index (Phi) is 7.22. The minimum atomic E-state index is -0.842. The lowest BCUT2D eigenvalue weighted by Gasteiger charge is -2.27. The molecule has 1 aliphatic heterocycles. The Hall–Kier alpha value is -3.20. The van der Waals surface area contributed by atoms with Gasteiger partial charge in [-0.25, -0.2) is 0 Å². The smallest absolute Gasteiger partial charge is 0.295 e. The van der Waals surface area contributed by atoms with Crippen LogP contribution in [-0.4, -0.2) is 73.0 Å². The molecule has 1 atom stereocenters. The summed E-state index contributed by atoms with van der Waals surface area (Å²) in [6.07, 6.45) is 0. The van der Waals surface area contributed by atoms with Gasteiger partial charge < -0.3 is 29.4 Å². The molecule has 3 aromatic rings. The number of fused-ring (bicyclic) bond motifs is 1. The van der Waals surface area contributed by atoms with E-state index in [9.17, 15) is 14.7 Å². The molecule has 2 heterocycles. The normalized spacial score (nSPS) is 17.4. The third-order valence-corrected chi connectivity index (χ3v) is 6.96. The van der Waals surface area contributed by atoms with Gasteiger partial charge in [-0.2, -0.15) is 0 Å². The van der Waals surface area contributed by atoms with Crippen LogP contribution in [0.25, 0.3) is 16.7 Å². The highest BCUT2D eigenvalue weighted by Crippen LogP contribution is 2.48.